The van der Waals surface area contributed by atoms with Gasteiger partial charge >= 0.3 is 18.1 Å². The Morgan fingerprint density at radius 2 is 1.66 bits per heavy atom. The van der Waals surface area contributed by atoms with Crippen molar-refractivity contribution >= 4 is 29.2 Å². The number of hydrogen-bond donors (Lipinski definition) is 0. The van der Waals surface area contributed by atoms with Crippen molar-refractivity contribution < 1.29 is 46.4 Å². The van der Waals surface area contributed by atoms with Gasteiger partial charge in [0.25, 0.3) is 0 Å². The van der Waals surface area contributed by atoms with Crippen molar-refractivity contribution in [1.82, 2.24) is 0 Å². The van der Waals surface area contributed by atoms with Crippen LogP contribution in [0.2, 0.25) is 5.02 Å². The summed E-state index contributed by atoms with van der Waals surface area (Å²) in [5, 5.41) is 0.131. The molecule has 0 heterocycles. The Balaban J connectivity index is 1.46. The van der Waals surface area contributed by atoms with Gasteiger partial charge in [-0.05, 0) is 115 Å². The summed E-state index contributed by atoms with van der Waals surface area (Å²) in [5.41, 5.74) is 0.636. The number of anilines is 1. The van der Waals surface area contributed by atoms with Crippen molar-refractivity contribution in [3.05, 3.63) is 88.4 Å². The normalized spacial score (nSPS) is 22.1. The van der Waals surface area contributed by atoms with Gasteiger partial charge in [-0.1, -0.05) is 42.8 Å². The quantitative estimate of drug-likeness (QED) is 0.131. The summed E-state index contributed by atoms with van der Waals surface area (Å²) in [5.74, 6) is -1.44. The third kappa shape index (κ3) is 7.75. The molecule has 1 fully saturated rings. The average molecular weight is 718 g/mol. The summed E-state index contributed by atoms with van der Waals surface area (Å²) in [6, 6.07) is 19.2. The molecule has 5 rings (SSSR count). The summed E-state index contributed by atoms with van der Waals surface area (Å²) in [7, 11) is 4.28. The monoisotopic (exact) mass is 717 g/mol. The van der Waals surface area contributed by atoms with Crippen LogP contribution in [-0.2, 0) is 42.2 Å². The molecule has 1 spiro atoms. The van der Waals surface area contributed by atoms with Crippen LogP contribution in [0.15, 0.2) is 66.7 Å². The van der Waals surface area contributed by atoms with Crippen LogP contribution < -0.4 is 14.4 Å². The van der Waals surface area contributed by atoms with E-state index in [4.69, 9.17) is 35.3 Å². The molecule has 8 nitrogen and oxygen atoms in total. The van der Waals surface area contributed by atoms with Gasteiger partial charge in [-0.2, -0.15) is 13.2 Å². The SMILES string of the molecule is COCOc1ccc2c(c1)C1(CCC(C(=O)OC)(N(C(=O)C(F)(F)F)c3cccc(Cl)c3)CC1)[C@@H](C[C@@H](C)COCc1ccc(OC)cc1)C2. The molecule has 0 radical (unpaired) electrons. The van der Waals surface area contributed by atoms with E-state index in [-0.39, 0.29) is 42.2 Å². The Morgan fingerprint density at radius 3 is 2.28 bits per heavy atom. The molecular formula is C38H43ClF3NO7. The molecule has 0 bridgehead atoms. The van der Waals surface area contributed by atoms with E-state index in [0.717, 1.165) is 42.4 Å². The van der Waals surface area contributed by atoms with Crippen LogP contribution in [-0.4, -0.2) is 58.3 Å². The van der Waals surface area contributed by atoms with Gasteiger partial charge in [0.05, 0.1) is 20.8 Å². The maximum absolute atomic E-state index is 14.2. The number of carbonyl (C=O) groups excluding carboxylic acids is 2. The fourth-order valence-corrected chi connectivity index (χ4v) is 8.04. The van der Waals surface area contributed by atoms with Gasteiger partial charge < -0.3 is 23.7 Å². The smallest absolute Gasteiger partial charge is 0.471 e. The van der Waals surface area contributed by atoms with Gasteiger partial charge in [-0.15, -0.1) is 0 Å². The molecule has 2 aliphatic rings. The molecule has 0 unspecified atom stereocenters. The molecular weight excluding hydrogens is 675 g/mol. The van der Waals surface area contributed by atoms with Crippen LogP contribution in [0.4, 0.5) is 18.9 Å². The average Bonchev–Trinajstić information content (AvgIpc) is 3.38. The van der Waals surface area contributed by atoms with Gasteiger partial charge in [-0.3, -0.25) is 9.69 Å². The third-order valence-electron chi connectivity index (χ3n) is 10.2. The van der Waals surface area contributed by atoms with Crippen LogP contribution in [0.1, 0.15) is 55.7 Å². The lowest BCUT2D eigenvalue weighted by Crippen LogP contribution is -2.63. The second kappa shape index (κ2) is 15.6. The van der Waals surface area contributed by atoms with Crippen molar-refractivity contribution in [2.75, 3.05) is 39.6 Å². The minimum Gasteiger partial charge on any atom is -0.497 e. The summed E-state index contributed by atoms with van der Waals surface area (Å²) in [4.78, 5) is 27.5. The third-order valence-corrected chi connectivity index (χ3v) is 10.4. The van der Waals surface area contributed by atoms with Crippen molar-refractivity contribution in [3.8, 4) is 11.5 Å². The van der Waals surface area contributed by atoms with Crippen molar-refractivity contribution in [2.24, 2.45) is 11.8 Å². The minimum atomic E-state index is -5.25. The van der Waals surface area contributed by atoms with Crippen LogP contribution in [0, 0.1) is 11.8 Å². The Bertz CT molecular complexity index is 1640. The van der Waals surface area contributed by atoms with Gasteiger partial charge in [-0.25, -0.2) is 4.79 Å². The number of halogens is 4. The number of fused-ring (bicyclic) bond motifs is 2. The molecule has 2 atom stereocenters. The summed E-state index contributed by atoms with van der Waals surface area (Å²) in [6.45, 7) is 3.13. The molecule has 12 heteroatoms. The predicted molar refractivity (Wildman–Crippen MR) is 182 cm³/mol. The second-order valence-electron chi connectivity index (χ2n) is 13.3. The number of alkyl halides is 3. The van der Waals surface area contributed by atoms with Crippen LogP contribution in [0.25, 0.3) is 0 Å². The zero-order valence-electron chi connectivity index (χ0n) is 28.7. The molecule has 0 saturated heterocycles. The molecule has 1 saturated carbocycles. The number of esters is 1. The fraction of sp³-hybridized carbons (Fsp3) is 0.474. The molecule has 3 aromatic rings. The Labute approximate surface area is 295 Å². The van der Waals surface area contributed by atoms with Gasteiger partial charge in [0.15, 0.2) is 6.79 Å². The number of nitrogens with zero attached hydrogens (tertiary/aromatic N) is 1. The highest BCUT2D eigenvalue weighted by Crippen LogP contribution is 2.58. The first-order valence-corrected chi connectivity index (χ1v) is 17.0. The number of ether oxygens (including phenoxy) is 5. The molecule has 2 aliphatic carbocycles. The number of benzene rings is 3. The molecule has 1 amide bonds. The Morgan fingerprint density at radius 1 is 0.960 bits per heavy atom. The number of amides is 1. The van der Waals surface area contributed by atoms with Crippen LogP contribution in [0.3, 0.4) is 0 Å². The van der Waals surface area contributed by atoms with Crippen molar-refractivity contribution in [3.63, 3.8) is 0 Å². The fourth-order valence-electron chi connectivity index (χ4n) is 7.85. The number of hydrogen-bond acceptors (Lipinski definition) is 7. The Hall–Kier alpha value is -3.80. The van der Waals surface area contributed by atoms with Crippen LogP contribution in [0.5, 0.6) is 11.5 Å². The first-order valence-electron chi connectivity index (χ1n) is 16.6. The molecule has 0 aliphatic heterocycles. The first kappa shape index (κ1) is 37.5. The molecule has 0 aromatic heterocycles. The van der Waals surface area contributed by atoms with E-state index in [1.165, 1.54) is 31.4 Å². The summed E-state index contributed by atoms with van der Waals surface area (Å²) < 4.78 is 70.2. The molecule has 50 heavy (non-hydrogen) atoms. The van der Waals surface area contributed by atoms with E-state index in [1.54, 1.807) is 7.11 Å². The van der Waals surface area contributed by atoms with E-state index in [0.29, 0.717) is 36.7 Å². The summed E-state index contributed by atoms with van der Waals surface area (Å²) in [6.07, 6.45) is -3.20. The minimum absolute atomic E-state index is 0.0530. The first-order chi connectivity index (χ1) is 23.9. The van der Waals surface area contributed by atoms with Crippen molar-refractivity contribution in [2.45, 2.75) is 69.2 Å². The highest BCUT2D eigenvalue weighted by molar-refractivity contribution is 6.31. The highest BCUT2D eigenvalue weighted by Gasteiger charge is 2.60. The van der Waals surface area contributed by atoms with Crippen LogP contribution >= 0.6 is 11.6 Å². The van der Waals surface area contributed by atoms with E-state index < -0.39 is 29.0 Å². The molecule has 3 aromatic carbocycles. The van der Waals surface area contributed by atoms with Gasteiger partial charge in [0, 0.05) is 24.4 Å². The number of methoxy groups -OCH3 is 3. The van der Waals surface area contributed by atoms with E-state index in [9.17, 15) is 22.8 Å². The zero-order valence-corrected chi connectivity index (χ0v) is 29.4. The topological polar surface area (TPSA) is 83.5 Å². The van der Waals surface area contributed by atoms with Gasteiger partial charge in [0.2, 0.25) is 0 Å². The summed E-state index contributed by atoms with van der Waals surface area (Å²) >= 11 is 6.19. The van der Waals surface area contributed by atoms with E-state index >= 15 is 0 Å². The zero-order chi connectivity index (χ0) is 36.1. The predicted octanol–water partition coefficient (Wildman–Crippen LogP) is 8.07. The lowest BCUT2D eigenvalue weighted by atomic mass is 9.59. The Kier molecular flexibility index (Phi) is 11.7. The van der Waals surface area contributed by atoms with E-state index in [2.05, 4.69) is 6.92 Å². The highest BCUT2D eigenvalue weighted by atomic mass is 35.5. The second-order valence-corrected chi connectivity index (χ2v) is 13.7. The largest absolute Gasteiger partial charge is 0.497 e. The lowest BCUT2D eigenvalue weighted by molar-refractivity contribution is -0.174. The number of rotatable bonds is 13. The molecule has 270 valence electrons. The number of carbonyl (C=O) groups is 2. The lowest BCUT2D eigenvalue weighted by Gasteiger charge is -2.51. The maximum atomic E-state index is 14.2. The van der Waals surface area contributed by atoms with Gasteiger partial charge in [0.1, 0.15) is 17.0 Å². The van der Waals surface area contributed by atoms with E-state index in [1.807, 2.05) is 42.5 Å². The standard InChI is InChI=1S/C38H43ClF3NO7/c1-25(22-49-23-26-8-11-31(47-3)12-9-26)18-28-19-27-10-13-32(50-24-46-2)21-33(27)36(28)14-16-37(17-15-36,35(45)48-4)43(34(44)38(40,41)42)30-7-5-6-29(39)20-30/h5-13,20-21,25,28H,14-19,22-24H2,1-4H3/t25-,28+,36?,37?/m1/s1. The molecule has 0 N–H and O–H groups in total. The maximum Gasteiger partial charge on any atom is 0.471 e. The van der Waals surface area contributed by atoms with Crippen molar-refractivity contribution in [1.29, 1.82) is 0 Å².